The Kier molecular flexibility index (Phi) is 4.22. The Bertz CT molecular complexity index is 580. The van der Waals surface area contributed by atoms with Gasteiger partial charge >= 0.3 is 6.01 Å². The number of likely N-dealkylation sites (tertiary alicyclic amines) is 1. The molecule has 1 N–H and O–H groups in total. The van der Waals surface area contributed by atoms with Crippen LogP contribution in [0.2, 0.25) is 0 Å². The third kappa shape index (κ3) is 3.28. The quantitative estimate of drug-likeness (QED) is 0.916. The second kappa shape index (κ2) is 6.37. The summed E-state index contributed by atoms with van der Waals surface area (Å²) in [5, 5.41) is 11.4. The number of piperidine rings is 1. The van der Waals surface area contributed by atoms with Crippen LogP contribution in [0.5, 0.6) is 0 Å². The molecule has 4 rings (SSSR count). The van der Waals surface area contributed by atoms with Gasteiger partial charge in [0.25, 0.3) is 0 Å². The van der Waals surface area contributed by atoms with Gasteiger partial charge in [-0.05, 0) is 50.9 Å². The first-order valence-corrected chi connectivity index (χ1v) is 9.54. The predicted octanol–water partition coefficient (Wildman–Crippen LogP) is 3.32. The van der Waals surface area contributed by atoms with Gasteiger partial charge in [0.2, 0.25) is 11.8 Å². The van der Waals surface area contributed by atoms with Crippen LogP contribution < -0.4 is 5.32 Å². The van der Waals surface area contributed by atoms with Crippen LogP contribution in [0.4, 0.5) is 6.01 Å². The molecule has 0 aromatic carbocycles. The molecule has 1 aromatic rings. The summed E-state index contributed by atoms with van der Waals surface area (Å²) in [4.78, 5) is 14.6. The Hall–Kier alpha value is -1.59. The van der Waals surface area contributed by atoms with Crippen molar-refractivity contribution in [3.8, 4) is 0 Å². The Balaban J connectivity index is 1.31. The highest BCUT2D eigenvalue weighted by Gasteiger charge is 2.45. The molecule has 24 heavy (non-hydrogen) atoms. The fraction of sp³-hybridized carbons (Fsp3) is 0.833. The minimum atomic E-state index is -0.321. The van der Waals surface area contributed by atoms with E-state index < -0.39 is 0 Å². The summed E-state index contributed by atoms with van der Waals surface area (Å²) in [6.45, 7) is 3.67. The fourth-order valence-corrected chi connectivity index (χ4v) is 4.21. The average molecular weight is 332 g/mol. The van der Waals surface area contributed by atoms with Gasteiger partial charge in [-0.1, -0.05) is 24.4 Å². The van der Waals surface area contributed by atoms with E-state index in [0.717, 1.165) is 44.7 Å². The maximum atomic E-state index is 12.6. The SMILES string of the molecule is C[C@@H](Nc1nnc(C2CCCCC2)o1)C(=O)N1CCC2(CC1)CC2. The molecule has 3 aliphatic rings. The molecule has 0 radical (unpaired) electrons. The predicted molar refractivity (Wildman–Crippen MR) is 90.7 cm³/mol. The number of aromatic nitrogens is 2. The zero-order valence-electron chi connectivity index (χ0n) is 14.6. The van der Waals surface area contributed by atoms with Gasteiger partial charge in [-0.25, -0.2) is 0 Å². The molecule has 1 spiro atoms. The highest BCUT2D eigenvalue weighted by molar-refractivity contribution is 5.83. The van der Waals surface area contributed by atoms with Crippen LogP contribution in [0.1, 0.15) is 76.5 Å². The number of nitrogens with one attached hydrogen (secondary N) is 1. The average Bonchev–Trinajstić information content (AvgIpc) is 3.20. The molecule has 6 nitrogen and oxygen atoms in total. The molecule has 1 aromatic heterocycles. The van der Waals surface area contributed by atoms with Crippen molar-refractivity contribution in [1.82, 2.24) is 15.1 Å². The van der Waals surface area contributed by atoms with E-state index in [-0.39, 0.29) is 11.9 Å². The number of carbonyl (C=O) groups excluding carboxylic acids is 1. The molecule has 2 aliphatic carbocycles. The van der Waals surface area contributed by atoms with Gasteiger partial charge in [0.05, 0.1) is 0 Å². The molecule has 1 amide bonds. The summed E-state index contributed by atoms with van der Waals surface area (Å²) in [6.07, 6.45) is 11.1. The number of hydrogen-bond acceptors (Lipinski definition) is 5. The van der Waals surface area contributed by atoms with E-state index in [1.165, 1.54) is 32.1 Å². The van der Waals surface area contributed by atoms with Crippen LogP contribution in [0.25, 0.3) is 0 Å². The van der Waals surface area contributed by atoms with Crippen LogP contribution >= 0.6 is 0 Å². The van der Waals surface area contributed by atoms with Gasteiger partial charge in [0.15, 0.2) is 0 Å². The first kappa shape index (κ1) is 15.9. The van der Waals surface area contributed by atoms with Crippen LogP contribution in [-0.4, -0.2) is 40.1 Å². The molecule has 0 bridgehead atoms. The van der Waals surface area contributed by atoms with Crippen molar-refractivity contribution in [2.75, 3.05) is 18.4 Å². The molecule has 3 fully saturated rings. The van der Waals surface area contributed by atoms with Crippen LogP contribution in [0, 0.1) is 5.41 Å². The van der Waals surface area contributed by atoms with Gasteiger partial charge in [-0.2, -0.15) is 0 Å². The van der Waals surface area contributed by atoms with Crippen LogP contribution in [0.3, 0.4) is 0 Å². The standard InChI is InChI=1S/C18H28N4O2/c1-13(16(23)22-11-9-18(7-8-18)10-12-22)19-17-21-20-15(24-17)14-5-3-2-4-6-14/h13-14H,2-12H2,1H3,(H,19,21)/t13-/m1/s1. The molecule has 1 atom stereocenters. The lowest BCUT2D eigenvalue weighted by Gasteiger charge is -2.33. The number of anilines is 1. The lowest BCUT2D eigenvalue weighted by molar-refractivity contribution is -0.133. The summed E-state index contributed by atoms with van der Waals surface area (Å²) in [6, 6.07) is 0.0602. The Morgan fingerprint density at radius 1 is 1.17 bits per heavy atom. The van der Waals surface area contributed by atoms with E-state index in [4.69, 9.17) is 4.42 Å². The van der Waals surface area contributed by atoms with Crippen molar-refractivity contribution in [2.45, 2.75) is 76.7 Å². The first-order valence-electron chi connectivity index (χ1n) is 9.54. The minimum Gasteiger partial charge on any atom is -0.408 e. The first-order chi connectivity index (χ1) is 11.7. The van der Waals surface area contributed by atoms with Gasteiger partial charge in [0, 0.05) is 19.0 Å². The van der Waals surface area contributed by atoms with Crippen LogP contribution in [0.15, 0.2) is 4.42 Å². The highest BCUT2D eigenvalue weighted by atomic mass is 16.4. The summed E-state index contributed by atoms with van der Waals surface area (Å²) in [5.41, 5.74) is 0.592. The van der Waals surface area contributed by atoms with E-state index in [1.54, 1.807) is 0 Å². The normalized spacial score (nSPS) is 24.8. The summed E-state index contributed by atoms with van der Waals surface area (Å²) >= 11 is 0. The third-order valence-electron chi connectivity index (χ3n) is 6.20. The number of hydrogen-bond donors (Lipinski definition) is 1. The maximum absolute atomic E-state index is 12.6. The van der Waals surface area contributed by atoms with Gasteiger partial charge in [-0.3, -0.25) is 4.79 Å². The van der Waals surface area contributed by atoms with Crippen molar-refractivity contribution >= 4 is 11.9 Å². The molecular weight excluding hydrogens is 304 g/mol. The second-order valence-electron chi connectivity index (χ2n) is 7.97. The molecule has 1 saturated heterocycles. The van der Waals surface area contributed by atoms with E-state index in [2.05, 4.69) is 15.5 Å². The summed E-state index contributed by atoms with van der Waals surface area (Å²) in [7, 11) is 0. The van der Waals surface area contributed by atoms with Crippen molar-refractivity contribution < 1.29 is 9.21 Å². The molecule has 2 heterocycles. The third-order valence-corrected chi connectivity index (χ3v) is 6.20. The number of rotatable bonds is 4. The number of carbonyl (C=O) groups is 1. The second-order valence-corrected chi connectivity index (χ2v) is 7.97. The monoisotopic (exact) mass is 332 g/mol. The van der Waals surface area contributed by atoms with Gasteiger partial charge in [-0.15, -0.1) is 5.10 Å². The minimum absolute atomic E-state index is 0.142. The lowest BCUT2D eigenvalue weighted by atomic mass is 9.89. The lowest BCUT2D eigenvalue weighted by Crippen LogP contribution is -2.45. The number of amides is 1. The van der Waals surface area contributed by atoms with E-state index in [0.29, 0.717) is 17.3 Å². The summed E-state index contributed by atoms with van der Waals surface area (Å²) < 4.78 is 5.77. The fourth-order valence-electron chi connectivity index (χ4n) is 4.21. The van der Waals surface area contributed by atoms with Crippen LogP contribution in [-0.2, 0) is 4.79 Å². The zero-order valence-corrected chi connectivity index (χ0v) is 14.6. The van der Waals surface area contributed by atoms with Crippen molar-refractivity contribution in [2.24, 2.45) is 5.41 Å². The topological polar surface area (TPSA) is 71.3 Å². The molecule has 1 aliphatic heterocycles. The van der Waals surface area contributed by atoms with E-state index in [9.17, 15) is 4.79 Å². The molecular formula is C18H28N4O2. The van der Waals surface area contributed by atoms with E-state index >= 15 is 0 Å². The molecule has 6 heteroatoms. The largest absolute Gasteiger partial charge is 0.408 e. The van der Waals surface area contributed by atoms with Crippen molar-refractivity contribution in [3.63, 3.8) is 0 Å². The number of nitrogens with zero attached hydrogens (tertiary/aromatic N) is 3. The molecule has 132 valence electrons. The molecule has 0 unspecified atom stereocenters. The Labute approximate surface area is 143 Å². The Morgan fingerprint density at radius 2 is 1.88 bits per heavy atom. The highest BCUT2D eigenvalue weighted by Crippen LogP contribution is 2.53. The molecule has 2 saturated carbocycles. The summed E-state index contributed by atoms with van der Waals surface area (Å²) in [5.74, 6) is 1.26. The Morgan fingerprint density at radius 3 is 2.54 bits per heavy atom. The van der Waals surface area contributed by atoms with Crippen molar-refractivity contribution in [3.05, 3.63) is 5.89 Å². The van der Waals surface area contributed by atoms with Crippen molar-refractivity contribution in [1.29, 1.82) is 0 Å². The van der Waals surface area contributed by atoms with Gasteiger partial charge in [0.1, 0.15) is 6.04 Å². The van der Waals surface area contributed by atoms with E-state index in [1.807, 2.05) is 11.8 Å². The maximum Gasteiger partial charge on any atom is 0.316 e. The van der Waals surface area contributed by atoms with Gasteiger partial charge < -0.3 is 14.6 Å². The zero-order chi connectivity index (χ0) is 16.6. The smallest absolute Gasteiger partial charge is 0.316 e.